The van der Waals surface area contributed by atoms with E-state index < -0.39 is 10.0 Å². The van der Waals surface area contributed by atoms with Gasteiger partial charge in [-0.15, -0.1) is 11.6 Å². The Morgan fingerprint density at radius 3 is 2.70 bits per heavy atom. The van der Waals surface area contributed by atoms with Crippen molar-refractivity contribution in [2.75, 3.05) is 20.2 Å². The molecule has 112 valence electrons. The van der Waals surface area contributed by atoms with Gasteiger partial charge in [-0.3, -0.25) is 0 Å². The zero-order valence-corrected chi connectivity index (χ0v) is 13.4. The van der Waals surface area contributed by atoms with E-state index in [1.807, 2.05) is 13.0 Å². The number of hydrogen-bond donors (Lipinski definition) is 0. The summed E-state index contributed by atoms with van der Waals surface area (Å²) in [6, 6.07) is 5.22. The van der Waals surface area contributed by atoms with Gasteiger partial charge < -0.3 is 4.74 Å². The molecule has 0 bridgehead atoms. The lowest BCUT2D eigenvalue weighted by molar-refractivity contribution is 0.115. The van der Waals surface area contributed by atoms with Crippen LogP contribution < -0.4 is 0 Å². The zero-order valence-electron chi connectivity index (χ0n) is 11.8. The summed E-state index contributed by atoms with van der Waals surface area (Å²) in [4.78, 5) is 0.321. The molecule has 0 radical (unpaired) electrons. The number of alkyl halides is 1. The van der Waals surface area contributed by atoms with Crippen LogP contribution in [-0.2, 0) is 27.1 Å². The minimum atomic E-state index is -3.44. The standard InChI is InChI=1S/C14H20ClNO3S/c1-3-11-4-5-14(8-12(11)9-15)20(17,18)16-7-6-13(10-16)19-2/h4-5,8,13H,3,6-7,9-10H2,1-2H3. The third-order valence-electron chi connectivity index (χ3n) is 3.78. The van der Waals surface area contributed by atoms with E-state index in [1.165, 1.54) is 4.31 Å². The Morgan fingerprint density at radius 1 is 1.40 bits per heavy atom. The van der Waals surface area contributed by atoms with E-state index in [1.54, 1.807) is 19.2 Å². The molecule has 0 N–H and O–H groups in total. The van der Waals surface area contributed by atoms with Crippen LogP contribution in [0.4, 0.5) is 0 Å². The van der Waals surface area contributed by atoms with Crippen LogP contribution in [0.15, 0.2) is 23.1 Å². The summed E-state index contributed by atoms with van der Waals surface area (Å²) in [5, 5.41) is 0. The van der Waals surface area contributed by atoms with E-state index in [0.717, 1.165) is 24.0 Å². The van der Waals surface area contributed by atoms with Crippen LogP contribution in [0.3, 0.4) is 0 Å². The van der Waals surface area contributed by atoms with Gasteiger partial charge >= 0.3 is 0 Å². The topological polar surface area (TPSA) is 46.6 Å². The third kappa shape index (κ3) is 3.01. The van der Waals surface area contributed by atoms with Crippen LogP contribution in [0.1, 0.15) is 24.5 Å². The first-order valence-electron chi connectivity index (χ1n) is 6.73. The van der Waals surface area contributed by atoms with Gasteiger partial charge in [-0.05, 0) is 36.1 Å². The van der Waals surface area contributed by atoms with Gasteiger partial charge in [-0.1, -0.05) is 13.0 Å². The highest BCUT2D eigenvalue weighted by atomic mass is 35.5. The van der Waals surface area contributed by atoms with Crippen molar-refractivity contribution >= 4 is 21.6 Å². The zero-order chi connectivity index (χ0) is 14.8. The van der Waals surface area contributed by atoms with Gasteiger partial charge in [0.15, 0.2) is 0 Å². The summed E-state index contributed by atoms with van der Waals surface area (Å²) < 4.78 is 31.9. The Labute approximate surface area is 125 Å². The number of aryl methyl sites for hydroxylation is 1. The fourth-order valence-electron chi connectivity index (χ4n) is 2.49. The maximum absolute atomic E-state index is 12.6. The summed E-state index contributed by atoms with van der Waals surface area (Å²) in [7, 11) is -1.83. The Kier molecular flexibility index (Phi) is 5.07. The molecule has 6 heteroatoms. The number of methoxy groups -OCH3 is 1. The molecule has 1 atom stereocenters. The molecule has 0 aromatic heterocycles. The van der Waals surface area contributed by atoms with Crippen molar-refractivity contribution in [3.8, 4) is 0 Å². The van der Waals surface area contributed by atoms with Gasteiger partial charge in [-0.2, -0.15) is 4.31 Å². The molecular weight excluding hydrogens is 298 g/mol. The summed E-state index contributed by atoms with van der Waals surface area (Å²) in [6.07, 6.45) is 1.58. The Bertz CT molecular complexity index is 574. The molecule has 1 unspecified atom stereocenters. The second-order valence-corrected chi connectivity index (χ2v) is 7.13. The van der Waals surface area contributed by atoms with Crippen LogP contribution in [-0.4, -0.2) is 39.0 Å². The number of halogens is 1. The largest absolute Gasteiger partial charge is 0.380 e. The third-order valence-corrected chi connectivity index (χ3v) is 5.93. The fraction of sp³-hybridized carbons (Fsp3) is 0.571. The second-order valence-electron chi connectivity index (χ2n) is 4.93. The number of ether oxygens (including phenoxy) is 1. The molecule has 4 nitrogen and oxygen atoms in total. The van der Waals surface area contributed by atoms with Crippen molar-refractivity contribution in [3.05, 3.63) is 29.3 Å². The molecule has 1 aliphatic rings. The number of nitrogens with zero attached hydrogens (tertiary/aromatic N) is 1. The van der Waals surface area contributed by atoms with Crippen molar-refractivity contribution in [1.82, 2.24) is 4.31 Å². The lowest BCUT2D eigenvalue weighted by Gasteiger charge is -2.17. The smallest absolute Gasteiger partial charge is 0.243 e. The predicted molar refractivity (Wildman–Crippen MR) is 79.5 cm³/mol. The normalized spacial score (nSPS) is 20.4. The van der Waals surface area contributed by atoms with E-state index in [9.17, 15) is 8.42 Å². The van der Waals surface area contributed by atoms with Gasteiger partial charge in [0.1, 0.15) is 0 Å². The average Bonchev–Trinajstić information content (AvgIpc) is 2.96. The van der Waals surface area contributed by atoms with Crippen LogP contribution in [0.5, 0.6) is 0 Å². The van der Waals surface area contributed by atoms with Gasteiger partial charge in [0, 0.05) is 26.1 Å². The SMILES string of the molecule is CCc1ccc(S(=O)(=O)N2CCC(OC)C2)cc1CCl. The second kappa shape index (κ2) is 6.43. The number of hydrogen-bond acceptors (Lipinski definition) is 3. The fourth-order valence-corrected chi connectivity index (χ4v) is 4.28. The molecule has 0 amide bonds. The van der Waals surface area contributed by atoms with E-state index in [2.05, 4.69) is 0 Å². The lowest BCUT2D eigenvalue weighted by atomic mass is 10.1. The van der Waals surface area contributed by atoms with Crippen LogP contribution in [0, 0.1) is 0 Å². The quantitative estimate of drug-likeness (QED) is 0.783. The van der Waals surface area contributed by atoms with E-state index in [-0.39, 0.29) is 6.10 Å². The molecule has 2 rings (SSSR count). The highest BCUT2D eigenvalue weighted by Gasteiger charge is 2.32. The van der Waals surface area contributed by atoms with Crippen molar-refractivity contribution < 1.29 is 13.2 Å². The molecule has 1 aliphatic heterocycles. The lowest BCUT2D eigenvalue weighted by Crippen LogP contribution is -2.30. The van der Waals surface area contributed by atoms with Crippen molar-refractivity contribution in [2.45, 2.75) is 36.6 Å². The van der Waals surface area contributed by atoms with Crippen molar-refractivity contribution in [2.24, 2.45) is 0 Å². The van der Waals surface area contributed by atoms with Crippen molar-refractivity contribution in [1.29, 1.82) is 0 Å². The van der Waals surface area contributed by atoms with Crippen LogP contribution in [0.2, 0.25) is 0 Å². The summed E-state index contributed by atoms with van der Waals surface area (Å²) in [5.41, 5.74) is 1.98. The number of rotatable bonds is 5. The molecule has 0 saturated carbocycles. The maximum Gasteiger partial charge on any atom is 0.243 e. The summed E-state index contributed by atoms with van der Waals surface area (Å²) >= 11 is 5.91. The first kappa shape index (κ1) is 15.8. The van der Waals surface area contributed by atoms with Gasteiger partial charge in [0.25, 0.3) is 0 Å². The van der Waals surface area contributed by atoms with Crippen LogP contribution >= 0.6 is 11.6 Å². The molecule has 0 spiro atoms. The Balaban J connectivity index is 2.30. The predicted octanol–water partition coefficient (Wildman–Crippen LogP) is 2.40. The summed E-state index contributed by atoms with van der Waals surface area (Å²) in [5.74, 6) is 0.327. The Morgan fingerprint density at radius 2 is 2.15 bits per heavy atom. The molecule has 1 heterocycles. The minimum Gasteiger partial charge on any atom is -0.380 e. The minimum absolute atomic E-state index is 0.00723. The maximum atomic E-state index is 12.6. The van der Waals surface area contributed by atoms with E-state index >= 15 is 0 Å². The highest BCUT2D eigenvalue weighted by molar-refractivity contribution is 7.89. The Hall–Kier alpha value is -0.620. The number of sulfonamides is 1. The molecule has 1 aromatic rings. The van der Waals surface area contributed by atoms with E-state index in [0.29, 0.717) is 23.9 Å². The summed E-state index contributed by atoms with van der Waals surface area (Å²) in [6.45, 7) is 2.96. The van der Waals surface area contributed by atoms with Crippen LogP contribution in [0.25, 0.3) is 0 Å². The first-order valence-corrected chi connectivity index (χ1v) is 8.71. The van der Waals surface area contributed by atoms with Gasteiger partial charge in [-0.25, -0.2) is 8.42 Å². The molecule has 20 heavy (non-hydrogen) atoms. The molecule has 0 aliphatic carbocycles. The number of benzene rings is 1. The average molecular weight is 318 g/mol. The molecular formula is C14H20ClNO3S. The van der Waals surface area contributed by atoms with Gasteiger partial charge in [0.05, 0.1) is 11.0 Å². The van der Waals surface area contributed by atoms with Crippen molar-refractivity contribution in [3.63, 3.8) is 0 Å². The highest BCUT2D eigenvalue weighted by Crippen LogP contribution is 2.25. The van der Waals surface area contributed by atoms with Gasteiger partial charge in [0.2, 0.25) is 10.0 Å². The first-order chi connectivity index (χ1) is 9.52. The molecule has 1 saturated heterocycles. The molecule has 1 fully saturated rings. The molecule has 1 aromatic carbocycles. The monoisotopic (exact) mass is 317 g/mol. The van der Waals surface area contributed by atoms with E-state index in [4.69, 9.17) is 16.3 Å².